The van der Waals surface area contributed by atoms with Gasteiger partial charge in [-0.1, -0.05) is 15.9 Å². The molecule has 0 atom stereocenters. The van der Waals surface area contributed by atoms with Gasteiger partial charge in [0, 0.05) is 4.47 Å². The van der Waals surface area contributed by atoms with E-state index in [-0.39, 0.29) is 5.69 Å². The van der Waals surface area contributed by atoms with Gasteiger partial charge in [0.05, 0.1) is 29.6 Å². The second-order valence-electron chi connectivity index (χ2n) is 4.33. The fraction of sp³-hybridized carbons (Fsp3) is 0.0667. The zero-order valence-electron chi connectivity index (χ0n) is 11.6. The molecule has 0 amide bonds. The highest BCUT2D eigenvalue weighted by Gasteiger charge is 2.24. The molecule has 4 nitrogen and oxygen atoms in total. The maximum Gasteiger partial charge on any atom is 0.340 e. The molecule has 0 aliphatic rings. The van der Waals surface area contributed by atoms with E-state index in [9.17, 15) is 18.0 Å². The van der Waals surface area contributed by atoms with E-state index in [4.69, 9.17) is 5.26 Å². The summed E-state index contributed by atoms with van der Waals surface area (Å²) in [7, 11) is 1.04. The summed E-state index contributed by atoms with van der Waals surface area (Å²) in [6.45, 7) is 0. The minimum absolute atomic E-state index is 0.179. The Labute approximate surface area is 137 Å². The molecule has 8 heteroatoms. The van der Waals surface area contributed by atoms with Gasteiger partial charge in [-0.05, 0) is 24.3 Å². The molecule has 1 N–H and O–H groups in total. The van der Waals surface area contributed by atoms with Gasteiger partial charge >= 0.3 is 5.97 Å². The number of carbonyl (C=O) groups is 1. The number of nitrogens with one attached hydrogen (secondary N) is 1. The molecule has 0 radical (unpaired) electrons. The van der Waals surface area contributed by atoms with Gasteiger partial charge in [-0.2, -0.15) is 5.26 Å². The third-order valence-electron chi connectivity index (χ3n) is 2.92. The van der Waals surface area contributed by atoms with Crippen molar-refractivity contribution >= 4 is 33.3 Å². The molecular formula is C15H8BrF3N2O2. The molecule has 0 heterocycles. The summed E-state index contributed by atoms with van der Waals surface area (Å²) in [5.74, 6) is -4.67. The SMILES string of the molecule is COC(=O)c1cc(C#N)c(F)c(F)c1Nc1ccc(Br)cc1F. The van der Waals surface area contributed by atoms with E-state index in [0.717, 1.165) is 19.2 Å². The molecule has 0 saturated heterocycles. The molecule has 0 saturated carbocycles. The lowest BCUT2D eigenvalue weighted by Gasteiger charge is -2.14. The molecule has 0 spiro atoms. The van der Waals surface area contributed by atoms with Crippen molar-refractivity contribution in [2.24, 2.45) is 0 Å². The maximum absolute atomic E-state index is 14.2. The summed E-state index contributed by atoms with van der Waals surface area (Å²) >= 11 is 3.06. The normalized spacial score (nSPS) is 10.1. The number of esters is 1. The molecule has 2 rings (SSSR count). The third kappa shape index (κ3) is 3.29. The molecule has 0 aliphatic carbocycles. The average Bonchev–Trinajstić information content (AvgIpc) is 2.53. The minimum Gasteiger partial charge on any atom is -0.465 e. The lowest BCUT2D eigenvalue weighted by molar-refractivity contribution is 0.0601. The topological polar surface area (TPSA) is 62.1 Å². The molecular weight excluding hydrogens is 377 g/mol. The van der Waals surface area contributed by atoms with Gasteiger partial charge in [0.1, 0.15) is 11.9 Å². The number of nitriles is 1. The van der Waals surface area contributed by atoms with Crippen LogP contribution >= 0.6 is 15.9 Å². The minimum atomic E-state index is -1.48. The van der Waals surface area contributed by atoms with E-state index in [2.05, 4.69) is 26.0 Å². The summed E-state index contributed by atoms with van der Waals surface area (Å²) < 4.78 is 46.7. The first kappa shape index (κ1) is 16.8. The van der Waals surface area contributed by atoms with Gasteiger partial charge in [-0.15, -0.1) is 0 Å². The largest absolute Gasteiger partial charge is 0.465 e. The van der Waals surface area contributed by atoms with Crippen LogP contribution in [-0.4, -0.2) is 13.1 Å². The van der Waals surface area contributed by atoms with Gasteiger partial charge in [0.15, 0.2) is 11.6 Å². The maximum atomic E-state index is 14.2. The summed E-state index contributed by atoms with van der Waals surface area (Å²) in [6, 6.07) is 6.13. The van der Waals surface area contributed by atoms with Crippen molar-refractivity contribution in [1.82, 2.24) is 0 Å². The van der Waals surface area contributed by atoms with Crippen LogP contribution in [0.1, 0.15) is 15.9 Å². The first-order valence-corrected chi connectivity index (χ1v) is 6.90. The number of hydrogen-bond acceptors (Lipinski definition) is 4. The Kier molecular flexibility index (Phi) is 4.91. The van der Waals surface area contributed by atoms with Crippen molar-refractivity contribution in [3.63, 3.8) is 0 Å². The molecule has 23 heavy (non-hydrogen) atoms. The fourth-order valence-corrected chi connectivity index (χ4v) is 2.16. The van der Waals surface area contributed by atoms with Crippen LogP contribution in [-0.2, 0) is 4.74 Å². The summed E-state index contributed by atoms with van der Waals surface area (Å²) in [5, 5.41) is 11.1. The number of anilines is 2. The Bertz CT molecular complexity index is 834. The molecule has 0 unspecified atom stereocenters. The third-order valence-corrected chi connectivity index (χ3v) is 3.42. The molecule has 118 valence electrons. The Morgan fingerprint density at radius 3 is 2.52 bits per heavy atom. The molecule has 0 fully saturated rings. The van der Waals surface area contributed by atoms with Gasteiger partial charge < -0.3 is 10.1 Å². The van der Waals surface area contributed by atoms with Crippen LogP contribution in [0, 0.1) is 28.8 Å². The highest BCUT2D eigenvalue weighted by molar-refractivity contribution is 9.10. The lowest BCUT2D eigenvalue weighted by Crippen LogP contribution is -2.11. The van der Waals surface area contributed by atoms with Crippen LogP contribution in [0.3, 0.4) is 0 Å². The number of ether oxygens (including phenoxy) is 1. The lowest BCUT2D eigenvalue weighted by atomic mass is 10.1. The number of benzene rings is 2. The van der Waals surface area contributed by atoms with Crippen molar-refractivity contribution in [1.29, 1.82) is 5.26 Å². The Balaban J connectivity index is 2.63. The predicted molar refractivity (Wildman–Crippen MR) is 79.8 cm³/mol. The van der Waals surface area contributed by atoms with Crippen LogP contribution in [0.2, 0.25) is 0 Å². The summed E-state index contributed by atoms with van der Waals surface area (Å²) in [5.41, 5.74) is -1.88. The summed E-state index contributed by atoms with van der Waals surface area (Å²) in [4.78, 5) is 11.7. The quantitative estimate of drug-likeness (QED) is 0.802. The van der Waals surface area contributed by atoms with Crippen molar-refractivity contribution in [2.75, 3.05) is 12.4 Å². The zero-order valence-corrected chi connectivity index (χ0v) is 13.2. The van der Waals surface area contributed by atoms with E-state index in [1.807, 2.05) is 0 Å². The number of carbonyl (C=O) groups excluding carboxylic acids is 1. The van der Waals surface area contributed by atoms with Crippen molar-refractivity contribution in [3.8, 4) is 6.07 Å². The number of rotatable bonds is 3. The van der Waals surface area contributed by atoms with Crippen molar-refractivity contribution < 1.29 is 22.7 Å². The predicted octanol–water partition coefficient (Wildman–Crippen LogP) is 4.27. The van der Waals surface area contributed by atoms with E-state index < -0.39 is 40.2 Å². The molecule has 2 aromatic carbocycles. The van der Waals surface area contributed by atoms with Crippen LogP contribution in [0.4, 0.5) is 24.5 Å². The first-order chi connectivity index (χ1) is 10.9. The van der Waals surface area contributed by atoms with E-state index in [0.29, 0.717) is 4.47 Å². The van der Waals surface area contributed by atoms with E-state index >= 15 is 0 Å². The zero-order chi connectivity index (χ0) is 17.1. The smallest absolute Gasteiger partial charge is 0.340 e. The second-order valence-corrected chi connectivity index (χ2v) is 5.24. The Morgan fingerprint density at radius 2 is 1.96 bits per heavy atom. The van der Waals surface area contributed by atoms with Crippen LogP contribution in [0.25, 0.3) is 0 Å². The highest BCUT2D eigenvalue weighted by Crippen LogP contribution is 2.31. The monoisotopic (exact) mass is 384 g/mol. The Hall–Kier alpha value is -2.53. The number of hydrogen-bond donors (Lipinski definition) is 1. The van der Waals surface area contributed by atoms with Crippen molar-refractivity contribution in [2.45, 2.75) is 0 Å². The van der Waals surface area contributed by atoms with Gasteiger partial charge in [0.25, 0.3) is 0 Å². The molecule has 2 aromatic rings. The summed E-state index contributed by atoms with van der Waals surface area (Å²) in [6.07, 6.45) is 0. The van der Waals surface area contributed by atoms with Gasteiger partial charge in [0.2, 0.25) is 0 Å². The first-order valence-electron chi connectivity index (χ1n) is 6.11. The molecule has 0 aliphatic heterocycles. The number of methoxy groups -OCH3 is 1. The Morgan fingerprint density at radius 1 is 1.26 bits per heavy atom. The van der Waals surface area contributed by atoms with Crippen LogP contribution in [0.15, 0.2) is 28.7 Å². The van der Waals surface area contributed by atoms with Gasteiger partial charge in [-0.3, -0.25) is 0 Å². The van der Waals surface area contributed by atoms with Crippen LogP contribution < -0.4 is 5.32 Å². The second kappa shape index (κ2) is 6.71. The molecule has 0 bridgehead atoms. The van der Waals surface area contributed by atoms with Crippen LogP contribution in [0.5, 0.6) is 0 Å². The van der Waals surface area contributed by atoms with E-state index in [1.54, 1.807) is 0 Å². The highest BCUT2D eigenvalue weighted by atomic mass is 79.9. The fourth-order valence-electron chi connectivity index (χ4n) is 1.83. The van der Waals surface area contributed by atoms with Gasteiger partial charge in [-0.25, -0.2) is 18.0 Å². The molecule has 0 aromatic heterocycles. The van der Waals surface area contributed by atoms with Crippen molar-refractivity contribution in [3.05, 3.63) is 57.3 Å². The van der Waals surface area contributed by atoms with E-state index in [1.165, 1.54) is 18.2 Å². The number of halogens is 4. The number of nitrogens with zero attached hydrogens (tertiary/aromatic N) is 1. The average molecular weight is 385 g/mol. The standard InChI is InChI=1S/C15H8BrF3N2O2/c1-23-15(22)9-4-7(6-20)12(18)13(19)14(9)21-11-3-2-8(16)5-10(11)17/h2-5,21H,1H3.